The lowest BCUT2D eigenvalue weighted by Gasteiger charge is -2.38. The molecule has 7 nitrogen and oxygen atoms in total. The van der Waals surface area contributed by atoms with Crippen LogP contribution in [0.2, 0.25) is 0 Å². The van der Waals surface area contributed by atoms with Gasteiger partial charge in [-0.25, -0.2) is 0 Å². The summed E-state index contributed by atoms with van der Waals surface area (Å²) in [6.07, 6.45) is 6.27. The van der Waals surface area contributed by atoms with Crippen LogP contribution in [-0.2, 0) is 14.4 Å². The second-order valence-corrected chi connectivity index (χ2v) is 6.44. The Labute approximate surface area is 143 Å². The highest BCUT2D eigenvalue weighted by molar-refractivity contribution is 5.67. The number of quaternary nitrogens is 1. The first-order valence-corrected chi connectivity index (χ1v) is 8.82. The topological polar surface area (TPSA) is 112 Å². The predicted molar refractivity (Wildman–Crippen MR) is 89.9 cm³/mol. The lowest BCUT2D eigenvalue weighted by Crippen LogP contribution is -2.52. The molecule has 0 rings (SSSR count). The SMILES string of the molecule is CCCCCCCC[N+](CCC(=O)O)(CCC(=O)O)CCC(=O)O. The van der Waals surface area contributed by atoms with E-state index in [1.165, 1.54) is 6.42 Å². The van der Waals surface area contributed by atoms with Crippen LogP contribution in [0.25, 0.3) is 0 Å². The van der Waals surface area contributed by atoms with Crippen molar-refractivity contribution in [2.75, 3.05) is 26.2 Å². The van der Waals surface area contributed by atoms with E-state index in [9.17, 15) is 14.4 Å². The van der Waals surface area contributed by atoms with Crippen molar-refractivity contribution in [2.45, 2.75) is 64.7 Å². The van der Waals surface area contributed by atoms with E-state index in [-0.39, 0.29) is 43.4 Å². The van der Waals surface area contributed by atoms with E-state index in [1.807, 2.05) is 0 Å². The number of hydrogen-bond acceptors (Lipinski definition) is 3. The molecule has 0 aliphatic rings. The number of unbranched alkanes of at least 4 members (excludes halogenated alkanes) is 5. The second-order valence-electron chi connectivity index (χ2n) is 6.44. The van der Waals surface area contributed by atoms with Crippen molar-refractivity contribution in [3.8, 4) is 0 Å². The molecular formula is C17H32NO6+. The molecule has 0 aromatic rings. The van der Waals surface area contributed by atoms with Crippen molar-refractivity contribution in [2.24, 2.45) is 0 Å². The first-order chi connectivity index (χ1) is 11.3. The molecule has 0 unspecified atom stereocenters. The number of carbonyl (C=O) groups is 3. The normalized spacial score (nSPS) is 11.4. The zero-order chi connectivity index (χ0) is 18.4. The van der Waals surface area contributed by atoms with Crippen molar-refractivity contribution in [1.82, 2.24) is 0 Å². The lowest BCUT2D eigenvalue weighted by atomic mass is 10.1. The quantitative estimate of drug-likeness (QED) is 0.292. The van der Waals surface area contributed by atoms with Gasteiger partial charge in [0.2, 0.25) is 0 Å². The number of nitrogens with zero attached hydrogens (tertiary/aromatic N) is 1. The summed E-state index contributed by atoms with van der Waals surface area (Å²) in [6.45, 7) is 3.63. The van der Waals surface area contributed by atoms with Gasteiger partial charge < -0.3 is 19.8 Å². The molecule has 0 amide bonds. The number of carboxylic acid groups (broad SMARTS) is 3. The minimum atomic E-state index is -0.939. The molecule has 0 spiro atoms. The molecule has 0 fully saturated rings. The molecule has 3 N–H and O–H groups in total. The number of carboxylic acids is 3. The Bertz CT molecular complexity index is 351. The van der Waals surface area contributed by atoms with E-state index in [1.54, 1.807) is 0 Å². The first-order valence-electron chi connectivity index (χ1n) is 8.82. The van der Waals surface area contributed by atoms with Crippen LogP contribution in [-0.4, -0.2) is 63.9 Å². The van der Waals surface area contributed by atoms with Gasteiger partial charge in [0.25, 0.3) is 0 Å². The fraction of sp³-hybridized carbons (Fsp3) is 0.824. The van der Waals surface area contributed by atoms with Crippen LogP contribution in [0.4, 0.5) is 0 Å². The largest absolute Gasteiger partial charge is 0.481 e. The first kappa shape index (κ1) is 22.4. The Kier molecular flexibility index (Phi) is 11.9. The van der Waals surface area contributed by atoms with Crippen LogP contribution in [0.1, 0.15) is 64.7 Å². The standard InChI is InChI=1S/C17H31NO6/c1-2-3-4-5-6-7-11-18(12-8-15(19)20,13-9-16(21)22)14-10-17(23)24/h2-14H2,1H3,(H2-,19,20,21,22,23,24)/p+1. The number of hydrogen-bond donors (Lipinski definition) is 3. The predicted octanol–water partition coefficient (Wildman–Crippen LogP) is 2.59. The summed E-state index contributed by atoms with van der Waals surface area (Å²) in [5.41, 5.74) is 0. The van der Waals surface area contributed by atoms with Gasteiger partial charge in [0, 0.05) is 0 Å². The maximum atomic E-state index is 10.9. The van der Waals surface area contributed by atoms with Crippen LogP contribution in [0, 0.1) is 0 Å². The molecule has 0 radical (unpaired) electrons. The summed E-state index contributed by atoms with van der Waals surface area (Å²) in [5.74, 6) is -2.82. The minimum absolute atomic E-state index is 0.0743. The monoisotopic (exact) mass is 346 g/mol. The van der Waals surface area contributed by atoms with Crippen LogP contribution in [0.3, 0.4) is 0 Å². The Morgan fingerprint density at radius 2 is 1.00 bits per heavy atom. The van der Waals surface area contributed by atoms with Gasteiger partial charge in [-0.05, 0) is 12.8 Å². The summed E-state index contributed by atoms with van der Waals surface area (Å²) in [6, 6.07) is 0. The molecule has 0 aromatic carbocycles. The van der Waals surface area contributed by atoms with E-state index in [2.05, 4.69) is 6.92 Å². The van der Waals surface area contributed by atoms with Gasteiger partial charge in [-0.1, -0.05) is 32.6 Å². The molecule has 24 heavy (non-hydrogen) atoms. The van der Waals surface area contributed by atoms with Gasteiger partial charge in [-0.15, -0.1) is 0 Å². The molecule has 0 saturated carbocycles. The lowest BCUT2D eigenvalue weighted by molar-refractivity contribution is -0.927. The van der Waals surface area contributed by atoms with Crippen molar-refractivity contribution in [1.29, 1.82) is 0 Å². The zero-order valence-corrected chi connectivity index (χ0v) is 14.7. The third kappa shape index (κ3) is 11.9. The van der Waals surface area contributed by atoms with Crippen molar-refractivity contribution in [3.05, 3.63) is 0 Å². The maximum Gasteiger partial charge on any atom is 0.309 e. The van der Waals surface area contributed by atoms with Crippen LogP contribution in [0.5, 0.6) is 0 Å². The zero-order valence-electron chi connectivity index (χ0n) is 14.7. The van der Waals surface area contributed by atoms with Crippen LogP contribution < -0.4 is 0 Å². The Morgan fingerprint density at radius 3 is 1.38 bits per heavy atom. The van der Waals surface area contributed by atoms with E-state index in [4.69, 9.17) is 15.3 Å². The number of rotatable bonds is 16. The van der Waals surface area contributed by atoms with Crippen molar-refractivity contribution in [3.63, 3.8) is 0 Å². The van der Waals surface area contributed by atoms with E-state index >= 15 is 0 Å². The van der Waals surface area contributed by atoms with Gasteiger partial charge >= 0.3 is 17.9 Å². The minimum Gasteiger partial charge on any atom is -0.481 e. The summed E-state index contributed by atoms with van der Waals surface area (Å²) in [7, 11) is 0. The fourth-order valence-corrected chi connectivity index (χ4v) is 2.90. The van der Waals surface area contributed by atoms with Crippen LogP contribution >= 0.6 is 0 Å². The molecule has 0 aliphatic carbocycles. The van der Waals surface area contributed by atoms with Crippen LogP contribution in [0.15, 0.2) is 0 Å². The van der Waals surface area contributed by atoms with E-state index in [0.717, 1.165) is 32.1 Å². The highest BCUT2D eigenvalue weighted by Crippen LogP contribution is 2.16. The highest BCUT2D eigenvalue weighted by Gasteiger charge is 2.29. The Hall–Kier alpha value is -1.63. The molecule has 0 aliphatic heterocycles. The van der Waals surface area contributed by atoms with Crippen molar-refractivity contribution < 1.29 is 34.2 Å². The molecule has 0 bridgehead atoms. The summed E-state index contributed by atoms with van der Waals surface area (Å²) >= 11 is 0. The molecule has 0 atom stereocenters. The van der Waals surface area contributed by atoms with Gasteiger partial charge in [-0.2, -0.15) is 0 Å². The van der Waals surface area contributed by atoms with Gasteiger partial charge in [0.15, 0.2) is 0 Å². The molecule has 7 heteroatoms. The summed E-state index contributed by atoms with van der Waals surface area (Å²) in [5, 5.41) is 26.9. The molecule has 0 heterocycles. The summed E-state index contributed by atoms with van der Waals surface area (Å²) < 4.78 is 0.263. The third-order valence-corrected chi connectivity index (χ3v) is 4.39. The molecule has 140 valence electrons. The average Bonchev–Trinajstić information content (AvgIpc) is 2.51. The van der Waals surface area contributed by atoms with E-state index in [0.29, 0.717) is 6.54 Å². The average molecular weight is 346 g/mol. The van der Waals surface area contributed by atoms with Gasteiger partial charge in [0.05, 0.1) is 45.4 Å². The smallest absolute Gasteiger partial charge is 0.309 e. The summed E-state index contributed by atoms with van der Waals surface area (Å²) in [4.78, 5) is 32.8. The fourth-order valence-electron chi connectivity index (χ4n) is 2.90. The van der Waals surface area contributed by atoms with Crippen molar-refractivity contribution >= 4 is 17.9 Å². The van der Waals surface area contributed by atoms with Gasteiger partial charge in [-0.3, -0.25) is 14.4 Å². The third-order valence-electron chi connectivity index (χ3n) is 4.39. The maximum absolute atomic E-state index is 10.9. The second kappa shape index (κ2) is 12.8. The van der Waals surface area contributed by atoms with E-state index < -0.39 is 17.9 Å². The molecular weight excluding hydrogens is 314 g/mol. The molecule has 0 saturated heterocycles. The number of aliphatic carboxylic acids is 3. The Balaban J connectivity index is 4.75. The molecule has 0 aromatic heterocycles. The van der Waals surface area contributed by atoms with Gasteiger partial charge in [0.1, 0.15) is 0 Å². The highest BCUT2D eigenvalue weighted by atomic mass is 16.4. The Morgan fingerprint density at radius 1 is 0.625 bits per heavy atom.